The van der Waals surface area contributed by atoms with Crippen molar-refractivity contribution in [2.45, 2.75) is 40.8 Å². The monoisotopic (exact) mass is 451 g/mol. The first-order valence-corrected chi connectivity index (χ1v) is 10.6. The van der Waals surface area contributed by atoms with Gasteiger partial charge in [0, 0.05) is 30.7 Å². The van der Waals surface area contributed by atoms with Gasteiger partial charge in [0.1, 0.15) is 17.4 Å². The van der Waals surface area contributed by atoms with E-state index in [9.17, 15) is 15.2 Å². The van der Waals surface area contributed by atoms with Gasteiger partial charge in [0.05, 0.1) is 12.7 Å². The summed E-state index contributed by atoms with van der Waals surface area (Å²) in [6, 6.07) is 9.58. The van der Waals surface area contributed by atoms with Crippen molar-refractivity contribution in [3.05, 3.63) is 61.8 Å². The van der Waals surface area contributed by atoms with Gasteiger partial charge >= 0.3 is 0 Å². The third-order valence-electron chi connectivity index (χ3n) is 5.51. The van der Waals surface area contributed by atoms with Gasteiger partial charge in [-0.1, -0.05) is 0 Å². The van der Waals surface area contributed by atoms with Gasteiger partial charge in [-0.2, -0.15) is 5.26 Å². The predicted octanol–water partition coefficient (Wildman–Crippen LogP) is 4.16. The maximum Gasteiger partial charge on any atom is 0.267 e. The van der Waals surface area contributed by atoms with Crippen molar-refractivity contribution in [2.75, 3.05) is 7.11 Å². The van der Waals surface area contributed by atoms with E-state index in [1.807, 2.05) is 56.5 Å². The van der Waals surface area contributed by atoms with Crippen molar-refractivity contribution in [3.63, 3.8) is 0 Å². The summed E-state index contributed by atoms with van der Waals surface area (Å²) in [4.78, 5) is 17.4. The molecule has 0 amide bonds. The zero-order valence-corrected chi connectivity index (χ0v) is 19.5. The molecular weight excluding hydrogens is 426 g/mol. The molecule has 3 rings (SSSR count). The molecule has 0 fully saturated rings. The molecule has 0 unspecified atom stereocenters. The van der Waals surface area contributed by atoms with Crippen LogP contribution in [-0.2, 0) is 13.1 Å². The lowest BCUT2D eigenvalue weighted by Gasteiger charge is -2.14. The average Bonchev–Trinajstić information content (AvgIpc) is 3.03. The molecule has 32 heavy (non-hydrogen) atoms. The van der Waals surface area contributed by atoms with Crippen LogP contribution >= 0.6 is 12.2 Å². The van der Waals surface area contributed by atoms with Crippen molar-refractivity contribution in [2.24, 2.45) is 4.99 Å². The van der Waals surface area contributed by atoms with Gasteiger partial charge in [-0.25, -0.2) is 4.99 Å². The van der Waals surface area contributed by atoms with Crippen molar-refractivity contribution in [1.29, 1.82) is 5.26 Å². The first kappa shape index (κ1) is 23.0. The molecule has 0 atom stereocenters. The Kier molecular flexibility index (Phi) is 6.65. The molecule has 0 saturated carbocycles. The summed E-state index contributed by atoms with van der Waals surface area (Å²) in [7, 11) is 1.59. The molecule has 0 spiro atoms. The minimum Gasteiger partial charge on any atom is -0.497 e. The molecule has 0 radical (unpaired) electrons. The van der Waals surface area contributed by atoms with Gasteiger partial charge in [0.25, 0.3) is 5.56 Å². The largest absolute Gasteiger partial charge is 0.497 e. The molecule has 0 aliphatic carbocycles. The van der Waals surface area contributed by atoms with Crippen molar-refractivity contribution in [1.82, 2.24) is 13.7 Å². The second kappa shape index (κ2) is 9.24. The quantitative estimate of drug-likeness (QED) is 0.448. The van der Waals surface area contributed by atoms with Crippen molar-refractivity contribution in [3.8, 4) is 23.4 Å². The summed E-state index contributed by atoms with van der Waals surface area (Å²) in [6.45, 7) is 8.16. The van der Waals surface area contributed by atoms with E-state index in [-0.39, 0.29) is 16.2 Å². The van der Waals surface area contributed by atoms with Crippen LogP contribution in [0.4, 0.5) is 5.82 Å². The SMILES string of the molecule is CCn1c(O)c(/C=N/c2c(C#N)c(C)c(C)n2-c2ccc(OC)cc2)c(=O)n(CC)c1=S. The lowest BCUT2D eigenvalue weighted by Crippen LogP contribution is -2.27. The topological polar surface area (TPSA) is 97.5 Å². The predicted molar refractivity (Wildman–Crippen MR) is 126 cm³/mol. The second-order valence-corrected chi connectivity index (χ2v) is 7.49. The number of methoxy groups -OCH3 is 1. The van der Waals surface area contributed by atoms with E-state index in [4.69, 9.17) is 17.0 Å². The highest BCUT2D eigenvalue weighted by Crippen LogP contribution is 2.32. The molecule has 0 saturated heterocycles. The maximum absolute atomic E-state index is 12.9. The minimum atomic E-state index is -0.432. The van der Waals surface area contributed by atoms with Crippen LogP contribution in [0.3, 0.4) is 0 Å². The number of ether oxygens (including phenoxy) is 1. The molecule has 9 heteroatoms. The highest BCUT2D eigenvalue weighted by atomic mass is 32.1. The van der Waals surface area contributed by atoms with Crippen molar-refractivity contribution < 1.29 is 9.84 Å². The number of hydrogen-bond acceptors (Lipinski definition) is 6. The number of aliphatic imine (C=N–C) groups is 1. The number of rotatable bonds is 6. The van der Waals surface area contributed by atoms with Crippen LogP contribution in [0.2, 0.25) is 0 Å². The number of nitrogens with zero attached hydrogens (tertiary/aromatic N) is 5. The number of hydrogen-bond donors (Lipinski definition) is 1. The van der Waals surface area contributed by atoms with Crippen LogP contribution in [0.1, 0.15) is 36.2 Å². The van der Waals surface area contributed by atoms with Crippen LogP contribution < -0.4 is 10.3 Å². The average molecular weight is 452 g/mol. The fraction of sp³-hybridized carbons (Fsp3) is 0.304. The van der Waals surface area contributed by atoms with Crippen LogP contribution in [-0.4, -0.2) is 32.1 Å². The third-order valence-corrected chi connectivity index (χ3v) is 5.95. The molecule has 166 valence electrons. The Morgan fingerprint density at radius 3 is 2.34 bits per heavy atom. The van der Waals surface area contributed by atoms with Gasteiger partial charge < -0.3 is 9.84 Å². The Labute approximate surface area is 191 Å². The Morgan fingerprint density at radius 1 is 1.19 bits per heavy atom. The summed E-state index contributed by atoms with van der Waals surface area (Å²) < 4.78 is 10.2. The normalized spacial score (nSPS) is 11.1. The van der Waals surface area contributed by atoms with E-state index in [1.54, 1.807) is 7.11 Å². The van der Waals surface area contributed by atoms with E-state index in [1.165, 1.54) is 15.3 Å². The number of aromatic hydroxyl groups is 1. The molecule has 3 aromatic rings. The molecule has 8 nitrogen and oxygen atoms in total. The lowest BCUT2D eigenvalue weighted by atomic mass is 10.2. The molecule has 2 aromatic heterocycles. The summed E-state index contributed by atoms with van der Waals surface area (Å²) >= 11 is 5.33. The summed E-state index contributed by atoms with van der Waals surface area (Å²) in [6.07, 6.45) is 1.31. The van der Waals surface area contributed by atoms with Gasteiger partial charge in [-0.3, -0.25) is 18.5 Å². The molecule has 1 N–H and O–H groups in total. The van der Waals surface area contributed by atoms with E-state index in [0.717, 1.165) is 16.9 Å². The summed E-state index contributed by atoms with van der Waals surface area (Å²) in [5, 5.41) is 20.5. The Hall–Kier alpha value is -3.64. The molecule has 1 aromatic carbocycles. The van der Waals surface area contributed by atoms with Gasteiger partial charge in [-0.05, 0) is 69.7 Å². The van der Waals surface area contributed by atoms with Crippen LogP contribution in [0.5, 0.6) is 11.6 Å². The fourth-order valence-electron chi connectivity index (χ4n) is 3.60. The van der Waals surface area contributed by atoms with E-state index >= 15 is 0 Å². The first-order chi connectivity index (χ1) is 15.3. The Bertz CT molecular complexity index is 1350. The minimum absolute atomic E-state index is 0.0176. The van der Waals surface area contributed by atoms with Crippen LogP contribution in [0.25, 0.3) is 5.69 Å². The summed E-state index contributed by atoms with van der Waals surface area (Å²) in [5.74, 6) is 0.837. The lowest BCUT2D eigenvalue weighted by molar-refractivity contribution is 0.399. The van der Waals surface area contributed by atoms with Crippen LogP contribution in [0, 0.1) is 29.9 Å². The number of nitriles is 1. The Morgan fingerprint density at radius 2 is 1.81 bits per heavy atom. The zero-order chi connectivity index (χ0) is 23.6. The first-order valence-electron chi connectivity index (χ1n) is 10.2. The smallest absolute Gasteiger partial charge is 0.267 e. The molecule has 2 heterocycles. The van der Waals surface area contributed by atoms with E-state index < -0.39 is 5.56 Å². The van der Waals surface area contributed by atoms with Gasteiger partial charge in [-0.15, -0.1) is 0 Å². The standard InChI is InChI=1S/C23H25N5O3S/c1-6-26-21(29)19(22(30)27(7-2)23(26)32)13-25-20-18(12-24)14(3)15(4)28(20)16-8-10-17(31-5)11-9-16/h8-11,13,29H,6-7H2,1-5H3/b25-13+. The maximum atomic E-state index is 12.9. The summed E-state index contributed by atoms with van der Waals surface area (Å²) in [5.41, 5.74) is 2.41. The highest BCUT2D eigenvalue weighted by molar-refractivity contribution is 7.71. The third kappa shape index (κ3) is 3.74. The fourth-order valence-corrected chi connectivity index (χ4v) is 4.03. The van der Waals surface area contributed by atoms with Crippen molar-refractivity contribution >= 4 is 24.3 Å². The number of benzene rings is 1. The zero-order valence-electron chi connectivity index (χ0n) is 18.7. The molecule has 0 aliphatic heterocycles. The molecule has 0 bridgehead atoms. The molecule has 0 aliphatic rings. The highest BCUT2D eigenvalue weighted by Gasteiger charge is 2.20. The van der Waals surface area contributed by atoms with Crippen LogP contribution in [0.15, 0.2) is 34.1 Å². The van der Waals surface area contributed by atoms with E-state index in [0.29, 0.717) is 30.2 Å². The van der Waals surface area contributed by atoms with Gasteiger partial charge in [0.15, 0.2) is 10.6 Å². The second-order valence-electron chi connectivity index (χ2n) is 7.13. The number of aromatic nitrogens is 3. The van der Waals surface area contributed by atoms with Gasteiger partial charge in [0.2, 0.25) is 5.88 Å². The Balaban J connectivity index is 2.27. The van der Waals surface area contributed by atoms with E-state index in [2.05, 4.69) is 11.1 Å². The molecular formula is C23H25N5O3S.